The maximum atomic E-state index is 5.64. The number of ether oxygens (including phenoxy) is 1. The number of nitrogens with zero attached hydrogens (tertiary/aromatic N) is 1. The molecule has 2 atom stereocenters. The van der Waals surface area contributed by atoms with Gasteiger partial charge in [-0.3, -0.25) is 0 Å². The fourth-order valence-electron chi connectivity index (χ4n) is 1.32. The van der Waals surface area contributed by atoms with E-state index in [-0.39, 0.29) is 10.2 Å². The van der Waals surface area contributed by atoms with Crippen molar-refractivity contribution < 1.29 is 4.74 Å². The third-order valence-electron chi connectivity index (χ3n) is 2.22. The van der Waals surface area contributed by atoms with Crippen LogP contribution >= 0.6 is 22.6 Å². The summed E-state index contributed by atoms with van der Waals surface area (Å²) in [4.78, 5) is 4.45. The topological polar surface area (TPSA) is 21.6 Å². The fraction of sp³-hybridized carbons (Fsp3) is 0.364. The van der Waals surface area contributed by atoms with Crippen molar-refractivity contribution in [1.29, 1.82) is 0 Å². The van der Waals surface area contributed by atoms with Gasteiger partial charge in [0.1, 0.15) is 10.2 Å². The monoisotopic (exact) mass is 301 g/mol. The van der Waals surface area contributed by atoms with Crippen LogP contribution in [0.5, 0.6) is 0 Å². The third kappa shape index (κ3) is 1.92. The van der Waals surface area contributed by atoms with Crippen LogP contribution in [0, 0.1) is 6.92 Å². The van der Waals surface area contributed by atoms with Crippen LogP contribution in [0.1, 0.15) is 18.1 Å². The van der Waals surface area contributed by atoms with Crippen LogP contribution < -0.4 is 0 Å². The van der Waals surface area contributed by atoms with Gasteiger partial charge in [-0.15, -0.1) is 0 Å². The number of halogens is 1. The molecule has 0 spiro atoms. The number of rotatable bonds is 1. The van der Waals surface area contributed by atoms with Gasteiger partial charge < -0.3 is 4.74 Å². The summed E-state index contributed by atoms with van der Waals surface area (Å²) in [5.41, 5.74) is 2.33. The van der Waals surface area contributed by atoms with Crippen LogP contribution in [0.2, 0.25) is 0 Å². The molecule has 1 heterocycles. The summed E-state index contributed by atoms with van der Waals surface area (Å²) >= 11 is 2.29. The molecule has 1 aliphatic rings. The van der Waals surface area contributed by atoms with Crippen molar-refractivity contribution in [3.63, 3.8) is 0 Å². The van der Waals surface area contributed by atoms with E-state index < -0.39 is 0 Å². The molecule has 0 N–H and O–H groups in total. The maximum absolute atomic E-state index is 5.64. The molecule has 0 fully saturated rings. The predicted octanol–water partition coefficient (Wildman–Crippen LogP) is 2.92. The van der Waals surface area contributed by atoms with Gasteiger partial charge in [0.25, 0.3) is 0 Å². The highest BCUT2D eigenvalue weighted by molar-refractivity contribution is 14.1. The molecular weight excluding hydrogens is 289 g/mol. The molecular formula is C11H12INO. The van der Waals surface area contributed by atoms with E-state index >= 15 is 0 Å². The normalized spacial score (nSPS) is 25.8. The van der Waals surface area contributed by atoms with Gasteiger partial charge in [-0.05, 0) is 26.0 Å². The van der Waals surface area contributed by atoms with E-state index in [2.05, 4.69) is 58.8 Å². The van der Waals surface area contributed by atoms with Crippen LogP contribution in [0.25, 0.3) is 0 Å². The van der Waals surface area contributed by atoms with E-state index in [0.717, 1.165) is 11.5 Å². The first-order chi connectivity index (χ1) is 6.66. The zero-order valence-corrected chi connectivity index (χ0v) is 10.4. The molecule has 3 heteroatoms. The van der Waals surface area contributed by atoms with Crippen LogP contribution in [0.4, 0.5) is 0 Å². The number of aryl methyl sites for hydroxylation is 1. The summed E-state index contributed by atoms with van der Waals surface area (Å²) in [6.45, 7) is 4.12. The molecule has 0 saturated heterocycles. The van der Waals surface area contributed by atoms with Gasteiger partial charge in [-0.1, -0.05) is 40.3 Å². The lowest BCUT2D eigenvalue weighted by molar-refractivity contribution is 0.242. The van der Waals surface area contributed by atoms with E-state index in [9.17, 15) is 0 Å². The second-order valence-electron chi connectivity index (χ2n) is 3.50. The second-order valence-corrected chi connectivity index (χ2v) is 4.77. The first-order valence-electron chi connectivity index (χ1n) is 4.62. The van der Waals surface area contributed by atoms with E-state index in [0.29, 0.717) is 0 Å². The number of hydrogen-bond acceptors (Lipinski definition) is 2. The lowest BCUT2D eigenvalue weighted by atomic mass is 10.1. The van der Waals surface area contributed by atoms with Crippen molar-refractivity contribution in [3.05, 3.63) is 35.4 Å². The highest BCUT2D eigenvalue weighted by Gasteiger charge is 2.24. The Hall–Kier alpha value is -0.580. The van der Waals surface area contributed by atoms with Gasteiger partial charge >= 0.3 is 0 Å². The van der Waals surface area contributed by atoms with Crippen LogP contribution in [-0.4, -0.2) is 16.1 Å². The highest BCUT2D eigenvalue weighted by Crippen LogP contribution is 2.22. The third-order valence-corrected chi connectivity index (χ3v) is 3.52. The maximum Gasteiger partial charge on any atom is 0.217 e. The number of hydrogen-bond donors (Lipinski definition) is 0. The Kier molecular flexibility index (Phi) is 2.76. The molecule has 1 aliphatic heterocycles. The molecule has 0 amide bonds. The number of alkyl halides is 1. The summed E-state index contributed by atoms with van der Waals surface area (Å²) in [6, 6.07) is 8.25. The SMILES string of the molecule is Cc1ccc(C2=NC(I)C(C)O2)cc1. The summed E-state index contributed by atoms with van der Waals surface area (Å²) in [7, 11) is 0. The quantitative estimate of drug-likeness (QED) is 0.444. The van der Waals surface area contributed by atoms with Crippen LogP contribution in [0.3, 0.4) is 0 Å². The van der Waals surface area contributed by atoms with Crippen molar-refractivity contribution in [2.75, 3.05) is 0 Å². The Bertz CT molecular complexity index is 358. The molecule has 0 radical (unpaired) electrons. The zero-order valence-electron chi connectivity index (χ0n) is 8.20. The van der Waals surface area contributed by atoms with E-state index in [1.54, 1.807) is 0 Å². The fourth-order valence-corrected chi connectivity index (χ4v) is 1.72. The molecule has 14 heavy (non-hydrogen) atoms. The highest BCUT2D eigenvalue weighted by atomic mass is 127. The Balaban J connectivity index is 2.25. The van der Waals surface area contributed by atoms with E-state index in [4.69, 9.17) is 4.74 Å². The van der Waals surface area contributed by atoms with Gasteiger partial charge in [0.15, 0.2) is 0 Å². The number of aliphatic imine (C=N–C) groups is 1. The largest absolute Gasteiger partial charge is 0.471 e. The van der Waals surface area contributed by atoms with Gasteiger partial charge in [0, 0.05) is 5.56 Å². The minimum absolute atomic E-state index is 0.187. The Morgan fingerprint density at radius 2 is 1.93 bits per heavy atom. The molecule has 2 rings (SSSR count). The minimum atomic E-state index is 0.187. The number of benzene rings is 1. The van der Waals surface area contributed by atoms with Gasteiger partial charge in [0.2, 0.25) is 5.90 Å². The van der Waals surface area contributed by atoms with Gasteiger partial charge in [-0.25, -0.2) is 4.99 Å². The summed E-state index contributed by atoms with van der Waals surface area (Å²) in [6.07, 6.45) is 0.187. The molecule has 74 valence electrons. The molecule has 1 aromatic carbocycles. The van der Waals surface area contributed by atoms with Gasteiger partial charge in [-0.2, -0.15) is 0 Å². The van der Waals surface area contributed by atoms with Gasteiger partial charge in [0.05, 0.1) is 0 Å². The Morgan fingerprint density at radius 1 is 1.29 bits per heavy atom. The minimum Gasteiger partial charge on any atom is -0.471 e. The average Bonchev–Trinajstić information content (AvgIpc) is 2.48. The molecule has 2 nitrogen and oxygen atoms in total. The smallest absolute Gasteiger partial charge is 0.217 e. The molecule has 0 bridgehead atoms. The standard InChI is InChI=1S/C11H12INO/c1-7-3-5-9(6-4-7)11-13-10(12)8(2)14-11/h3-6,8,10H,1-2H3. The molecule has 2 unspecified atom stereocenters. The second kappa shape index (κ2) is 3.88. The summed E-state index contributed by atoms with van der Waals surface area (Å²) < 4.78 is 5.88. The van der Waals surface area contributed by atoms with Crippen LogP contribution in [0.15, 0.2) is 29.3 Å². The van der Waals surface area contributed by atoms with Crippen molar-refractivity contribution >= 4 is 28.5 Å². The van der Waals surface area contributed by atoms with Crippen molar-refractivity contribution in [2.24, 2.45) is 4.99 Å². The van der Waals surface area contributed by atoms with E-state index in [1.807, 2.05) is 6.92 Å². The van der Waals surface area contributed by atoms with Crippen LogP contribution in [-0.2, 0) is 4.74 Å². The van der Waals surface area contributed by atoms with Crippen molar-refractivity contribution in [1.82, 2.24) is 0 Å². The first kappa shape index (κ1) is 9.96. The molecule has 0 aromatic heterocycles. The molecule has 1 aromatic rings. The lowest BCUT2D eigenvalue weighted by Crippen LogP contribution is -2.12. The van der Waals surface area contributed by atoms with Crippen molar-refractivity contribution in [2.45, 2.75) is 24.0 Å². The zero-order chi connectivity index (χ0) is 10.1. The molecule has 0 saturated carbocycles. The summed E-state index contributed by atoms with van der Waals surface area (Å²) in [5.74, 6) is 0.775. The lowest BCUT2D eigenvalue weighted by Gasteiger charge is -2.06. The molecule has 0 aliphatic carbocycles. The Morgan fingerprint density at radius 3 is 2.43 bits per heavy atom. The first-order valence-corrected chi connectivity index (χ1v) is 5.87. The average molecular weight is 301 g/mol. The Labute approximate surface area is 97.5 Å². The van der Waals surface area contributed by atoms with Crippen molar-refractivity contribution in [3.8, 4) is 0 Å². The summed E-state index contributed by atoms with van der Waals surface area (Å²) in [5, 5.41) is 0. The predicted molar refractivity (Wildman–Crippen MR) is 66.1 cm³/mol. The van der Waals surface area contributed by atoms with E-state index in [1.165, 1.54) is 5.56 Å².